The molecule has 5 atom stereocenters. The first kappa shape index (κ1) is 40.5. The van der Waals surface area contributed by atoms with Crippen LogP contribution in [0.25, 0.3) is 0 Å². The van der Waals surface area contributed by atoms with Crippen LogP contribution >= 0.6 is 0 Å². The van der Waals surface area contributed by atoms with Crippen molar-refractivity contribution in [2.45, 2.75) is 134 Å². The second-order valence-electron chi connectivity index (χ2n) is 16.8. The van der Waals surface area contributed by atoms with Gasteiger partial charge in [0.25, 0.3) is 11.8 Å². The van der Waals surface area contributed by atoms with Crippen molar-refractivity contribution in [3.05, 3.63) is 54.1 Å². The van der Waals surface area contributed by atoms with E-state index in [1.807, 2.05) is 6.92 Å². The maximum Gasteiger partial charge on any atom is 0.289 e. The predicted octanol–water partition coefficient (Wildman–Crippen LogP) is 2.82. The minimum absolute atomic E-state index is 0.0502. The maximum atomic E-state index is 15.0. The van der Waals surface area contributed by atoms with Crippen molar-refractivity contribution in [2.75, 3.05) is 6.54 Å². The Labute approximate surface area is 326 Å². The van der Waals surface area contributed by atoms with Crippen LogP contribution in [0, 0.1) is 11.3 Å². The molecule has 3 fully saturated rings. The topological polar surface area (TPSA) is 206 Å². The fraction of sp³-hybridized carbons (Fsp3) is 0.585. The summed E-state index contributed by atoms with van der Waals surface area (Å²) in [6, 6.07) is 2.21. The lowest BCUT2D eigenvalue weighted by atomic mass is 9.82. The highest BCUT2D eigenvalue weighted by Crippen LogP contribution is 2.42. The molecule has 3 heterocycles. The van der Waals surface area contributed by atoms with Gasteiger partial charge in [0.1, 0.15) is 35.2 Å². The fourth-order valence-corrected chi connectivity index (χ4v) is 8.07. The van der Waals surface area contributed by atoms with Gasteiger partial charge < -0.3 is 30.9 Å². The number of para-hydroxylation sites is 1. The number of ether oxygens (including phenoxy) is 1. The largest absolute Gasteiger partial charge is 0.484 e. The van der Waals surface area contributed by atoms with Gasteiger partial charge in [0, 0.05) is 24.9 Å². The second kappa shape index (κ2) is 16.9. The lowest BCUT2D eigenvalue weighted by Gasteiger charge is -2.38. The normalized spacial score (nSPS) is 22.5. The number of Topliss-reactive ketones (excluding diaryl/α,β-unsaturated/α-hetero) is 2. The summed E-state index contributed by atoms with van der Waals surface area (Å²) in [6.07, 6.45) is 10.4. The zero-order valence-corrected chi connectivity index (χ0v) is 32.6. The highest BCUT2D eigenvalue weighted by atomic mass is 16.5. The van der Waals surface area contributed by atoms with Crippen LogP contribution in [0.4, 0.5) is 0 Å². The molecule has 4 N–H and O–H groups in total. The minimum Gasteiger partial charge on any atom is -0.484 e. The van der Waals surface area contributed by atoms with Crippen molar-refractivity contribution in [1.29, 1.82) is 0 Å². The van der Waals surface area contributed by atoms with Gasteiger partial charge in [-0.3, -0.25) is 38.5 Å². The molecule has 5 amide bonds. The van der Waals surface area contributed by atoms with Gasteiger partial charge in [0.15, 0.2) is 5.78 Å². The van der Waals surface area contributed by atoms with Crippen LogP contribution in [0.1, 0.15) is 119 Å². The summed E-state index contributed by atoms with van der Waals surface area (Å²) in [6.45, 7) is 7.04. The molecule has 2 aliphatic carbocycles. The van der Waals surface area contributed by atoms with Crippen LogP contribution in [0.15, 0.2) is 42.9 Å². The lowest BCUT2D eigenvalue weighted by Crippen LogP contribution is -2.62. The Morgan fingerprint density at radius 3 is 2.36 bits per heavy atom. The summed E-state index contributed by atoms with van der Waals surface area (Å²) >= 11 is 0. The minimum atomic E-state index is -1.28. The summed E-state index contributed by atoms with van der Waals surface area (Å²) in [5, 5.41) is 11.3. The van der Waals surface area contributed by atoms with E-state index in [2.05, 4.69) is 31.2 Å². The molecule has 0 bridgehead atoms. The average Bonchev–Trinajstić information content (AvgIpc) is 3.93. The molecule has 300 valence electrons. The second-order valence-corrected chi connectivity index (χ2v) is 16.8. The molecule has 56 heavy (non-hydrogen) atoms. The molecule has 15 nitrogen and oxygen atoms in total. The Morgan fingerprint density at radius 2 is 1.70 bits per heavy atom. The average molecular weight is 772 g/mol. The number of fused-ring (bicyclic) bond motifs is 1. The number of likely N-dealkylation sites (tertiary alicyclic amines) is 1. The zero-order chi connectivity index (χ0) is 40.2. The first-order valence-corrected chi connectivity index (χ1v) is 19.8. The van der Waals surface area contributed by atoms with Crippen molar-refractivity contribution in [2.24, 2.45) is 11.3 Å². The Hall–Kier alpha value is -5.21. The van der Waals surface area contributed by atoms with E-state index < -0.39 is 70.5 Å². The zero-order valence-electron chi connectivity index (χ0n) is 32.6. The van der Waals surface area contributed by atoms with E-state index in [1.165, 1.54) is 23.5 Å². The van der Waals surface area contributed by atoms with Crippen LogP contribution in [-0.2, 0) is 24.0 Å². The van der Waals surface area contributed by atoms with Gasteiger partial charge in [0.2, 0.25) is 23.5 Å². The van der Waals surface area contributed by atoms with Gasteiger partial charge in [-0.2, -0.15) is 0 Å². The van der Waals surface area contributed by atoms with Crippen LogP contribution in [0.5, 0.6) is 5.75 Å². The quantitative estimate of drug-likeness (QED) is 0.219. The molecular weight excluding hydrogens is 718 g/mol. The van der Waals surface area contributed by atoms with Crippen molar-refractivity contribution < 1.29 is 38.3 Å². The first-order valence-electron chi connectivity index (χ1n) is 19.8. The molecule has 1 aromatic carbocycles. The number of amides is 5. The van der Waals surface area contributed by atoms with Gasteiger partial charge in [-0.15, -0.1) is 0 Å². The Bertz CT molecular complexity index is 1840. The number of carbonyl (C=O) groups excluding carboxylic acids is 7. The van der Waals surface area contributed by atoms with E-state index in [1.54, 1.807) is 45.0 Å². The van der Waals surface area contributed by atoms with E-state index in [0.29, 0.717) is 30.6 Å². The van der Waals surface area contributed by atoms with Crippen molar-refractivity contribution in [3.8, 4) is 5.75 Å². The third kappa shape index (κ3) is 9.24. The summed E-state index contributed by atoms with van der Waals surface area (Å²) in [7, 11) is 0. The number of ketones is 2. The molecular formula is C41H53N7O8. The maximum absolute atomic E-state index is 15.0. The molecule has 15 heteroatoms. The lowest BCUT2D eigenvalue weighted by molar-refractivity contribution is -0.145. The molecule has 3 unspecified atom stereocenters. The molecule has 0 radical (unpaired) electrons. The smallest absolute Gasteiger partial charge is 0.289 e. The van der Waals surface area contributed by atoms with E-state index in [0.717, 1.165) is 32.1 Å². The molecule has 2 saturated carbocycles. The van der Waals surface area contributed by atoms with Gasteiger partial charge in [-0.25, -0.2) is 4.98 Å². The molecule has 6 rings (SSSR count). The number of benzene rings is 1. The number of nitrogens with zero attached hydrogens (tertiary/aromatic N) is 3. The fourth-order valence-electron chi connectivity index (χ4n) is 8.07. The molecule has 4 aliphatic rings. The molecule has 2 aromatic rings. The molecule has 1 saturated heterocycles. The number of aromatic nitrogens is 2. The Morgan fingerprint density at radius 1 is 0.964 bits per heavy atom. The van der Waals surface area contributed by atoms with E-state index in [4.69, 9.17) is 4.74 Å². The first-order chi connectivity index (χ1) is 26.7. The summed E-state index contributed by atoms with van der Waals surface area (Å²) in [5.41, 5.74) is -1.73. The SMILES string of the molecule is CCCC(NC(=O)[C@@H]1CC2(CC(=O)c3ccccc3O2)CN1C(=O)C(NC(=O)[C@@H](NC(=O)c1cnccn1)C1CCCCC1)C(C)(C)C)C(=O)C(=O)NC1CC1. The number of carbonyl (C=O) groups is 7. The van der Waals surface area contributed by atoms with Crippen LogP contribution < -0.4 is 26.0 Å². The van der Waals surface area contributed by atoms with Crippen LogP contribution in [-0.4, -0.2) is 98.3 Å². The number of rotatable bonds is 13. The molecule has 1 spiro atoms. The number of nitrogens with one attached hydrogen (secondary N) is 4. The van der Waals surface area contributed by atoms with E-state index >= 15 is 0 Å². The van der Waals surface area contributed by atoms with Gasteiger partial charge in [-0.1, -0.05) is 65.5 Å². The number of hydrogen-bond donors (Lipinski definition) is 4. The van der Waals surface area contributed by atoms with Gasteiger partial charge in [0.05, 0.1) is 30.8 Å². The van der Waals surface area contributed by atoms with Crippen molar-refractivity contribution >= 4 is 41.1 Å². The van der Waals surface area contributed by atoms with Crippen molar-refractivity contribution in [3.63, 3.8) is 0 Å². The summed E-state index contributed by atoms with van der Waals surface area (Å²) < 4.78 is 6.48. The monoisotopic (exact) mass is 771 g/mol. The number of hydrogen-bond acceptors (Lipinski definition) is 10. The predicted molar refractivity (Wildman–Crippen MR) is 203 cm³/mol. The molecule has 1 aromatic heterocycles. The standard InChI is InChI=1S/C41H53N7O8/c1-5-11-27(33(50)38(54)44-25-16-17-25)45-36(52)29-20-41(21-30(49)26-14-9-10-15-31(26)56-41)23-48(29)39(55)34(40(2,3)4)47-37(53)32(24-12-7-6-8-13-24)46-35(51)28-22-42-18-19-43-28/h9-10,14-15,18-19,22,24-25,27,29,32,34H,5-8,11-13,16-17,20-21,23H2,1-4H3,(H,44,54)(H,45,52)(H,46,51)(H,47,53)/t27?,29-,32-,34?,41?/m0/s1. The summed E-state index contributed by atoms with van der Waals surface area (Å²) in [5.74, 6) is -3.99. The third-order valence-corrected chi connectivity index (χ3v) is 11.2. The van der Waals surface area contributed by atoms with Gasteiger partial charge in [-0.05, 0) is 55.6 Å². The third-order valence-electron chi connectivity index (χ3n) is 11.2. The van der Waals surface area contributed by atoms with Crippen molar-refractivity contribution in [1.82, 2.24) is 36.1 Å². The van der Waals surface area contributed by atoms with Crippen LogP contribution in [0.2, 0.25) is 0 Å². The summed E-state index contributed by atoms with van der Waals surface area (Å²) in [4.78, 5) is 106. The van der Waals surface area contributed by atoms with E-state index in [9.17, 15) is 33.6 Å². The van der Waals surface area contributed by atoms with Crippen LogP contribution in [0.3, 0.4) is 0 Å². The highest BCUT2D eigenvalue weighted by Gasteiger charge is 2.55. The Kier molecular flexibility index (Phi) is 12.2. The highest BCUT2D eigenvalue weighted by molar-refractivity contribution is 6.38. The Balaban J connectivity index is 1.29. The molecule has 2 aliphatic heterocycles. The van der Waals surface area contributed by atoms with E-state index in [-0.39, 0.29) is 49.2 Å². The van der Waals surface area contributed by atoms with Gasteiger partial charge >= 0.3 is 0 Å².